The maximum absolute atomic E-state index is 12.4. The Hall–Kier alpha value is -1.99. The van der Waals surface area contributed by atoms with Gasteiger partial charge in [-0.1, -0.05) is 29.8 Å². The molecule has 4 heteroatoms. The van der Waals surface area contributed by atoms with Gasteiger partial charge >= 0.3 is 0 Å². The van der Waals surface area contributed by atoms with Crippen LogP contribution < -0.4 is 10.0 Å². The van der Waals surface area contributed by atoms with E-state index in [4.69, 9.17) is 4.74 Å². The van der Waals surface area contributed by atoms with Crippen molar-refractivity contribution in [3.63, 3.8) is 0 Å². The molecule has 22 heavy (non-hydrogen) atoms. The Morgan fingerprint density at radius 3 is 2.36 bits per heavy atom. The van der Waals surface area contributed by atoms with E-state index < -0.39 is 0 Å². The number of carbonyl (C=O) groups excluding carboxylic acids is 1. The molecule has 0 radical (unpaired) electrons. The van der Waals surface area contributed by atoms with Crippen molar-refractivity contribution in [3.05, 3.63) is 58.7 Å². The van der Waals surface area contributed by atoms with E-state index in [2.05, 4.69) is 0 Å². The summed E-state index contributed by atoms with van der Waals surface area (Å²) in [6.07, 6.45) is 0.300. The van der Waals surface area contributed by atoms with Gasteiger partial charge in [0.15, 0.2) is 14.2 Å². The van der Waals surface area contributed by atoms with E-state index in [0.717, 1.165) is 22.3 Å². The summed E-state index contributed by atoms with van der Waals surface area (Å²) in [7, 11) is -0.0804. The molecule has 0 aromatic heterocycles. The van der Waals surface area contributed by atoms with Crippen molar-refractivity contribution in [1.82, 2.24) is 0 Å². The van der Waals surface area contributed by atoms with Crippen molar-refractivity contribution < 1.29 is 14.1 Å². The summed E-state index contributed by atoms with van der Waals surface area (Å²) in [6.45, 7) is 6.22. The lowest BCUT2D eigenvalue weighted by Crippen LogP contribution is -2.12. The molecule has 2 aromatic rings. The van der Waals surface area contributed by atoms with E-state index in [1.165, 1.54) is 0 Å². The number of hydrogen-bond donors (Lipinski definition) is 0. The number of rotatable bonds is 6. The average Bonchev–Trinajstić information content (AvgIpc) is 2.46. The minimum Gasteiger partial charge on any atom is -0.492 e. The first-order valence-corrected chi connectivity index (χ1v) is 8.00. The summed E-state index contributed by atoms with van der Waals surface area (Å²) in [5.41, 5.74) is 3.94. The lowest BCUT2D eigenvalue weighted by molar-refractivity contribution is 0.0961. The number of hydrogen-bond acceptors (Lipinski definition) is 3. The van der Waals surface area contributed by atoms with E-state index in [1.54, 1.807) is 18.2 Å². The summed E-state index contributed by atoms with van der Waals surface area (Å²) in [5.74, 6) is 0.636. The van der Waals surface area contributed by atoms with Crippen LogP contribution >= 0.6 is 8.46 Å². The maximum atomic E-state index is 12.4. The van der Waals surface area contributed by atoms with Crippen LogP contribution in [0.25, 0.3) is 0 Å². The Balaban J connectivity index is 2.03. The quantitative estimate of drug-likeness (QED) is 0.593. The maximum Gasteiger partial charge on any atom is 0.196 e. The topological polar surface area (TPSA) is 43.4 Å². The van der Waals surface area contributed by atoms with Crippen LogP contribution in [0.2, 0.25) is 0 Å². The van der Waals surface area contributed by atoms with Gasteiger partial charge in [-0.25, -0.2) is 0 Å². The highest BCUT2D eigenvalue weighted by Crippen LogP contribution is 2.19. The second-order valence-electron chi connectivity index (χ2n) is 5.35. The van der Waals surface area contributed by atoms with Gasteiger partial charge in [0.05, 0.1) is 11.9 Å². The summed E-state index contributed by atoms with van der Waals surface area (Å²) in [6, 6.07) is 11.2. The average molecular weight is 314 g/mol. The van der Waals surface area contributed by atoms with E-state index in [1.807, 2.05) is 39.0 Å². The minimum atomic E-state index is -0.0804. The molecule has 114 valence electrons. The van der Waals surface area contributed by atoms with Gasteiger partial charge in [-0.15, -0.1) is 0 Å². The Labute approximate surface area is 132 Å². The number of para-hydroxylation sites is 1. The van der Waals surface area contributed by atoms with Crippen LogP contribution in [-0.2, 0) is 4.57 Å². The summed E-state index contributed by atoms with van der Waals surface area (Å²) in [4.78, 5) is 12.4. The molecule has 0 aliphatic rings. The number of aryl methyl sites for hydroxylation is 3. The van der Waals surface area contributed by atoms with Gasteiger partial charge in [0, 0.05) is 12.0 Å². The van der Waals surface area contributed by atoms with Gasteiger partial charge in [-0.05, 0) is 44.0 Å². The zero-order valence-electron chi connectivity index (χ0n) is 13.1. The van der Waals surface area contributed by atoms with Gasteiger partial charge in [0.25, 0.3) is 0 Å². The Morgan fingerprint density at radius 1 is 1.09 bits per heavy atom. The molecule has 0 bridgehead atoms. The molecule has 2 aromatic carbocycles. The van der Waals surface area contributed by atoms with Crippen LogP contribution in [0.1, 0.15) is 33.5 Å². The fraction of sp³-hybridized carbons (Fsp3) is 0.278. The van der Waals surface area contributed by atoms with Crippen molar-refractivity contribution in [1.29, 1.82) is 0 Å². The summed E-state index contributed by atoms with van der Waals surface area (Å²) >= 11 is 0. The zero-order chi connectivity index (χ0) is 16.1. The van der Waals surface area contributed by atoms with Crippen LogP contribution in [0, 0.1) is 20.8 Å². The first-order valence-electron chi connectivity index (χ1n) is 7.19. The largest absolute Gasteiger partial charge is 0.492 e. The first-order chi connectivity index (χ1) is 10.5. The van der Waals surface area contributed by atoms with Gasteiger partial charge < -0.3 is 4.74 Å². The molecule has 0 saturated heterocycles. The molecule has 3 nitrogen and oxygen atoms in total. The molecule has 0 heterocycles. The monoisotopic (exact) mass is 314 g/mol. The Morgan fingerprint density at radius 2 is 1.73 bits per heavy atom. The van der Waals surface area contributed by atoms with Crippen molar-refractivity contribution in [2.45, 2.75) is 27.2 Å². The van der Waals surface area contributed by atoms with Crippen molar-refractivity contribution >= 4 is 19.5 Å². The van der Waals surface area contributed by atoms with Crippen LogP contribution in [-0.4, -0.2) is 12.4 Å². The summed E-state index contributed by atoms with van der Waals surface area (Å²) < 4.78 is 16.6. The second-order valence-corrected chi connectivity index (χ2v) is 6.02. The SMILES string of the molecule is Cc1cc(C)c(C(=O)CCOc2ccccc2P=O)c(C)c1. The predicted molar refractivity (Wildman–Crippen MR) is 88.8 cm³/mol. The molecule has 0 aliphatic heterocycles. The molecule has 2 rings (SSSR count). The zero-order valence-corrected chi connectivity index (χ0v) is 13.9. The standard InChI is InChI=1S/C18H19O3P/c1-12-10-13(2)18(14(3)11-12)15(19)8-9-21-16-6-4-5-7-17(16)22-20/h4-7,10-11H,8-9H2,1-3H3. The highest BCUT2D eigenvalue weighted by molar-refractivity contribution is 7.34. The van der Waals surface area contributed by atoms with Gasteiger partial charge in [-0.2, -0.15) is 0 Å². The van der Waals surface area contributed by atoms with Crippen LogP contribution in [0.3, 0.4) is 0 Å². The third kappa shape index (κ3) is 3.80. The van der Waals surface area contributed by atoms with E-state index in [0.29, 0.717) is 17.5 Å². The molecule has 0 aliphatic carbocycles. The van der Waals surface area contributed by atoms with Gasteiger partial charge in [0.2, 0.25) is 0 Å². The molecule has 0 N–H and O–H groups in total. The molecule has 0 fully saturated rings. The lowest BCUT2D eigenvalue weighted by atomic mass is 9.95. The molecule has 0 spiro atoms. The summed E-state index contributed by atoms with van der Waals surface area (Å²) in [5, 5.41) is 0.595. The molecule has 0 unspecified atom stereocenters. The van der Waals surface area contributed by atoms with Crippen LogP contribution in [0.15, 0.2) is 36.4 Å². The van der Waals surface area contributed by atoms with Crippen molar-refractivity contribution in [2.75, 3.05) is 6.61 Å². The highest BCUT2D eigenvalue weighted by Gasteiger charge is 2.13. The molecule has 0 saturated carbocycles. The molecular weight excluding hydrogens is 295 g/mol. The van der Waals surface area contributed by atoms with Crippen LogP contribution in [0.4, 0.5) is 0 Å². The molecule has 0 amide bonds. The van der Waals surface area contributed by atoms with Gasteiger partial charge in [-0.3, -0.25) is 9.36 Å². The Bertz CT molecular complexity index is 684. The number of benzene rings is 2. The van der Waals surface area contributed by atoms with Crippen molar-refractivity contribution in [3.8, 4) is 5.75 Å². The highest BCUT2D eigenvalue weighted by atomic mass is 31.1. The van der Waals surface area contributed by atoms with E-state index in [-0.39, 0.29) is 20.9 Å². The normalized spacial score (nSPS) is 10.7. The lowest BCUT2D eigenvalue weighted by Gasteiger charge is -2.11. The van der Waals surface area contributed by atoms with E-state index in [9.17, 15) is 9.36 Å². The van der Waals surface area contributed by atoms with Crippen LogP contribution in [0.5, 0.6) is 5.75 Å². The predicted octanol–water partition coefficient (Wildman–Crippen LogP) is 4.18. The molecular formula is C18H19O3P. The third-order valence-corrected chi connectivity index (χ3v) is 4.07. The fourth-order valence-electron chi connectivity index (χ4n) is 2.65. The number of ketones is 1. The number of Topliss-reactive ketones (excluding diaryl/α,β-unsaturated/α-hetero) is 1. The smallest absolute Gasteiger partial charge is 0.196 e. The van der Waals surface area contributed by atoms with Gasteiger partial charge in [0.1, 0.15) is 5.75 Å². The minimum absolute atomic E-state index is 0.0761. The van der Waals surface area contributed by atoms with E-state index >= 15 is 0 Å². The number of ether oxygens (including phenoxy) is 1. The second kappa shape index (κ2) is 7.33. The number of carbonyl (C=O) groups is 1. The first kappa shape index (κ1) is 16.4. The van der Waals surface area contributed by atoms with Crippen molar-refractivity contribution in [2.24, 2.45) is 0 Å². The third-order valence-electron chi connectivity index (χ3n) is 3.51. The molecule has 0 atom stereocenters. The Kier molecular flexibility index (Phi) is 5.46. The fourth-order valence-corrected chi connectivity index (χ4v) is 3.03.